The molecule has 0 bridgehead atoms. The molecule has 0 spiro atoms. The van der Waals surface area contributed by atoms with Crippen molar-refractivity contribution in [2.45, 2.75) is 6.04 Å². The maximum absolute atomic E-state index is 13.5. The van der Waals surface area contributed by atoms with E-state index >= 15 is 0 Å². The van der Waals surface area contributed by atoms with Gasteiger partial charge < -0.3 is 15.2 Å². The zero-order valence-electron chi connectivity index (χ0n) is 11.6. The van der Waals surface area contributed by atoms with Gasteiger partial charge in [-0.25, -0.2) is 8.78 Å². The molecule has 0 saturated carbocycles. The quantitative estimate of drug-likeness (QED) is 0.879. The van der Waals surface area contributed by atoms with Gasteiger partial charge in [0.1, 0.15) is 12.5 Å². The van der Waals surface area contributed by atoms with E-state index in [1.54, 1.807) is 0 Å². The van der Waals surface area contributed by atoms with Crippen LogP contribution in [-0.2, 0) is 0 Å². The van der Waals surface area contributed by atoms with Crippen molar-refractivity contribution in [1.29, 1.82) is 0 Å². The Morgan fingerprint density at radius 1 is 1.33 bits per heavy atom. The topological polar surface area (TPSA) is 44.7 Å². The van der Waals surface area contributed by atoms with Crippen LogP contribution in [0, 0.1) is 5.82 Å². The first-order chi connectivity index (χ1) is 9.17. The third-order valence-corrected chi connectivity index (χ3v) is 3.39. The number of hydrogen-bond acceptors (Lipinski definition) is 4. The molecule has 1 aliphatic heterocycles. The zero-order chi connectivity index (χ0) is 13.8. The molecule has 4 nitrogen and oxygen atoms in total. The van der Waals surface area contributed by atoms with E-state index in [0.29, 0.717) is 13.1 Å². The molecule has 1 saturated heterocycles. The van der Waals surface area contributed by atoms with E-state index in [1.807, 2.05) is 4.90 Å². The maximum Gasteiger partial charge on any atom is 0.163 e. The zero-order valence-corrected chi connectivity index (χ0v) is 13.3. The number of rotatable bonds is 4. The number of phenols is 1. The van der Waals surface area contributed by atoms with E-state index in [-0.39, 0.29) is 41.9 Å². The van der Waals surface area contributed by atoms with Crippen molar-refractivity contribution < 1.29 is 18.6 Å². The lowest BCUT2D eigenvalue weighted by Gasteiger charge is -2.34. The lowest BCUT2D eigenvalue weighted by Crippen LogP contribution is -2.45. The third-order valence-electron chi connectivity index (χ3n) is 3.39. The fourth-order valence-corrected chi connectivity index (χ4v) is 2.38. The van der Waals surface area contributed by atoms with E-state index in [4.69, 9.17) is 4.74 Å². The van der Waals surface area contributed by atoms with Gasteiger partial charge in [-0.1, -0.05) is 0 Å². The average Bonchev–Trinajstić information content (AvgIpc) is 2.44. The minimum atomic E-state index is -0.680. The van der Waals surface area contributed by atoms with E-state index in [0.717, 1.165) is 19.2 Å². The largest absolute Gasteiger partial charge is 0.504 e. The summed E-state index contributed by atoms with van der Waals surface area (Å²) in [7, 11) is 1.34. The maximum atomic E-state index is 13.5. The number of halogens is 4. The molecule has 21 heavy (non-hydrogen) atoms. The number of alkyl halides is 1. The minimum Gasteiger partial charge on any atom is -0.504 e. The minimum absolute atomic E-state index is 0. The predicted octanol–water partition coefficient (Wildman–Crippen LogP) is 2.30. The summed E-state index contributed by atoms with van der Waals surface area (Å²) in [6, 6.07) is 1.61. The summed E-state index contributed by atoms with van der Waals surface area (Å²) in [5, 5.41) is 13.2. The number of phenolic OH excluding ortho intramolecular Hbond substituents is 1. The van der Waals surface area contributed by atoms with Crippen LogP contribution in [0.5, 0.6) is 11.5 Å². The van der Waals surface area contributed by atoms with Crippen LogP contribution in [0.25, 0.3) is 0 Å². The van der Waals surface area contributed by atoms with Crippen LogP contribution >= 0.6 is 24.8 Å². The molecule has 0 aliphatic carbocycles. The molecule has 1 aromatic carbocycles. The summed E-state index contributed by atoms with van der Waals surface area (Å²) in [4.78, 5) is 1.89. The molecule has 2 N–H and O–H groups in total. The van der Waals surface area contributed by atoms with Crippen LogP contribution < -0.4 is 10.1 Å². The first-order valence-electron chi connectivity index (χ1n) is 6.24. The van der Waals surface area contributed by atoms with Crippen molar-refractivity contribution in [2.75, 3.05) is 40.0 Å². The highest BCUT2D eigenvalue weighted by Crippen LogP contribution is 2.37. The molecule has 1 atom stereocenters. The molecule has 0 unspecified atom stereocenters. The second kappa shape index (κ2) is 9.25. The molecule has 1 aromatic rings. The molecule has 2 rings (SSSR count). The highest BCUT2D eigenvalue weighted by molar-refractivity contribution is 5.85. The fraction of sp³-hybridized carbons (Fsp3) is 0.538. The standard InChI is InChI=1S/C13H18F2N2O2.2ClH/c1-19-12-7-9(15)6-10(13(12)18)11(8-14)17-4-2-16-3-5-17;;/h6-7,11,16,18H,2-5,8H2,1H3;2*1H/t11-;;/m1../s1. The second-order valence-corrected chi connectivity index (χ2v) is 4.50. The third kappa shape index (κ3) is 4.57. The molecule has 1 fully saturated rings. The highest BCUT2D eigenvalue weighted by atomic mass is 35.5. The van der Waals surface area contributed by atoms with Crippen LogP contribution in [0.3, 0.4) is 0 Å². The molecular weight excluding hydrogens is 325 g/mol. The molecule has 122 valence electrons. The number of hydrogen-bond donors (Lipinski definition) is 2. The molecule has 1 aliphatic rings. The molecule has 0 aromatic heterocycles. The summed E-state index contributed by atoms with van der Waals surface area (Å²) >= 11 is 0. The van der Waals surface area contributed by atoms with Crippen molar-refractivity contribution in [3.8, 4) is 11.5 Å². The molecule has 0 radical (unpaired) electrons. The van der Waals surface area contributed by atoms with Crippen molar-refractivity contribution >= 4 is 24.8 Å². The highest BCUT2D eigenvalue weighted by Gasteiger charge is 2.26. The fourth-order valence-electron chi connectivity index (χ4n) is 2.38. The molecule has 1 heterocycles. The lowest BCUT2D eigenvalue weighted by atomic mass is 10.0. The van der Waals surface area contributed by atoms with Gasteiger partial charge in [0.2, 0.25) is 0 Å². The van der Waals surface area contributed by atoms with Gasteiger partial charge in [-0.05, 0) is 6.07 Å². The van der Waals surface area contributed by atoms with Gasteiger partial charge in [-0.15, -0.1) is 24.8 Å². The monoisotopic (exact) mass is 344 g/mol. The first kappa shape index (κ1) is 20.2. The Balaban J connectivity index is 0.00000200. The summed E-state index contributed by atoms with van der Waals surface area (Å²) in [6.07, 6.45) is 0. The first-order valence-corrected chi connectivity index (χ1v) is 6.24. The molecule has 8 heteroatoms. The normalized spacial score (nSPS) is 16.5. The van der Waals surface area contributed by atoms with Gasteiger partial charge in [-0.2, -0.15) is 0 Å². The van der Waals surface area contributed by atoms with Crippen molar-refractivity contribution in [3.05, 3.63) is 23.5 Å². The van der Waals surface area contributed by atoms with Gasteiger partial charge in [0, 0.05) is 37.8 Å². The SMILES string of the molecule is COc1cc(F)cc([C@@H](CF)N2CCNCC2)c1O.Cl.Cl. The Morgan fingerprint density at radius 2 is 1.95 bits per heavy atom. The lowest BCUT2D eigenvalue weighted by molar-refractivity contribution is 0.144. The summed E-state index contributed by atoms with van der Waals surface area (Å²) < 4.78 is 31.8. The van der Waals surface area contributed by atoms with Gasteiger partial charge >= 0.3 is 0 Å². The Hall–Kier alpha value is -0.820. The van der Waals surface area contributed by atoms with Crippen LogP contribution in [0.15, 0.2) is 12.1 Å². The van der Waals surface area contributed by atoms with Crippen LogP contribution in [0.2, 0.25) is 0 Å². The number of nitrogens with zero attached hydrogens (tertiary/aromatic N) is 1. The summed E-state index contributed by atoms with van der Waals surface area (Å²) in [5.74, 6) is -0.702. The number of aromatic hydroxyl groups is 1. The Morgan fingerprint density at radius 3 is 2.48 bits per heavy atom. The molecule has 0 amide bonds. The number of benzene rings is 1. The van der Waals surface area contributed by atoms with Crippen LogP contribution in [0.1, 0.15) is 11.6 Å². The van der Waals surface area contributed by atoms with E-state index in [2.05, 4.69) is 5.32 Å². The number of piperazine rings is 1. The predicted molar refractivity (Wildman–Crippen MR) is 82.3 cm³/mol. The van der Waals surface area contributed by atoms with Gasteiger partial charge in [0.15, 0.2) is 11.5 Å². The Labute approximate surface area is 135 Å². The van der Waals surface area contributed by atoms with Gasteiger partial charge in [0.05, 0.1) is 13.2 Å². The van der Waals surface area contributed by atoms with E-state index in [1.165, 1.54) is 13.2 Å². The second-order valence-electron chi connectivity index (χ2n) is 4.50. The van der Waals surface area contributed by atoms with E-state index < -0.39 is 18.5 Å². The summed E-state index contributed by atoms with van der Waals surface area (Å²) in [5.41, 5.74) is 0.237. The van der Waals surface area contributed by atoms with Crippen molar-refractivity contribution in [3.63, 3.8) is 0 Å². The number of ether oxygens (including phenoxy) is 1. The number of methoxy groups -OCH3 is 1. The van der Waals surface area contributed by atoms with Crippen LogP contribution in [0.4, 0.5) is 8.78 Å². The number of nitrogens with one attached hydrogen (secondary N) is 1. The van der Waals surface area contributed by atoms with Crippen LogP contribution in [-0.4, -0.2) is 50.0 Å². The Bertz CT molecular complexity index is 446. The average molecular weight is 345 g/mol. The smallest absolute Gasteiger partial charge is 0.163 e. The van der Waals surface area contributed by atoms with Crippen molar-refractivity contribution in [2.24, 2.45) is 0 Å². The van der Waals surface area contributed by atoms with Gasteiger partial charge in [-0.3, -0.25) is 4.90 Å². The summed E-state index contributed by atoms with van der Waals surface area (Å²) in [6.45, 7) is 2.15. The van der Waals surface area contributed by atoms with Crippen molar-refractivity contribution in [1.82, 2.24) is 10.2 Å². The molecular formula is C13H20Cl2F2N2O2. The Kier molecular flexibility index (Phi) is 8.89. The van der Waals surface area contributed by atoms with E-state index in [9.17, 15) is 13.9 Å². The van der Waals surface area contributed by atoms with Gasteiger partial charge in [0.25, 0.3) is 0 Å².